The Bertz CT molecular complexity index is 850. The second-order valence-electron chi connectivity index (χ2n) is 8.06. The van der Waals surface area contributed by atoms with Gasteiger partial charge < -0.3 is 15.5 Å². The number of hydrogen-bond acceptors (Lipinski definition) is 2. The van der Waals surface area contributed by atoms with Crippen molar-refractivity contribution in [1.82, 2.24) is 10.2 Å². The van der Waals surface area contributed by atoms with Gasteiger partial charge in [0.1, 0.15) is 0 Å². The van der Waals surface area contributed by atoms with Crippen LogP contribution in [0.5, 0.6) is 0 Å². The fraction of sp³-hybridized carbons (Fsp3) is 0.417. The molecule has 0 aromatic heterocycles. The molecule has 2 N–H and O–H groups in total. The Morgan fingerprint density at radius 3 is 2.59 bits per heavy atom. The molecule has 1 heterocycles. The maximum atomic E-state index is 12.6. The van der Waals surface area contributed by atoms with Gasteiger partial charge in [0.2, 0.25) is 5.91 Å². The van der Waals surface area contributed by atoms with Gasteiger partial charge in [-0.3, -0.25) is 4.79 Å². The summed E-state index contributed by atoms with van der Waals surface area (Å²) < 4.78 is 0. The van der Waals surface area contributed by atoms with Crippen LogP contribution >= 0.6 is 0 Å². The Morgan fingerprint density at radius 1 is 1.07 bits per heavy atom. The second kappa shape index (κ2) is 10.1. The van der Waals surface area contributed by atoms with Crippen LogP contribution in [0.15, 0.2) is 48.5 Å². The van der Waals surface area contributed by atoms with Crippen LogP contribution < -0.4 is 10.6 Å². The molecule has 0 saturated carbocycles. The number of piperidine rings is 1. The summed E-state index contributed by atoms with van der Waals surface area (Å²) >= 11 is 0. The first-order chi connectivity index (χ1) is 14.0. The zero-order valence-electron chi connectivity index (χ0n) is 17.4. The van der Waals surface area contributed by atoms with Crippen LogP contribution in [-0.2, 0) is 11.3 Å². The topological polar surface area (TPSA) is 61.4 Å². The summed E-state index contributed by atoms with van der Waals surface area (Å²) in [5.41, 5.74) is 4.27. The minimum Gasteiger partial charge on any atom is -0.352 e. The number of hydrogen-bond donors (Lipinski definition) is 2. The minimum absolute atomic E-state index is 0.0517. The van der Waals surface area contributed by atoms with Gasteiger partial charge in [0, 0.05) is 31.7 Å². The average Bonchev–Trinajstić information content (AvgIpc) is 2.71. The molecule has 1 saturated heterocycles. The van der Waals surface area contributed by atoms with Crippen LogP contribution in [-0.4, -0.2) is 29.9 Å². The van der Waals surface area contributed by atoms with Gasteiger partial charge in [-0.2, -0.15) is 0 Å². The number of carbonyl (C=O) groups excluding carboxylic acids is 2. The zero-order chi connectivity index (χ0) is 20.6. The van der Waals surface area contributed by atoms with Crippen molar-refractivity contribution in [2.24, 2.45) is 5.92 Å². The number of benzene rings is 2. The number of anilines is 1. The SMILES string of the molecule is Cc1cccc(CNC(=O)CC[C@@H]2CCCN(C(=O)Nc3cccc(C)c3)C2)c1. The first-order valence-electron chi connectivity index (χ1n) is 10.4. The van der Waals surface area contributed by atoms with E-state index in [4.69, 9.17) is 0 Å². The number of carbonyl (C=O) groups is 2. The number of urea groups is 1. The first-order valence-corrected chi connectivity index (χ1v) is 10.4. The number of likely N-dealkylation sites (tertiary alicyclic amines) is 1. The normalized spacial score (nSPS) is 16.3. The van der Waals surface area contributed by atoms with Gasteiger partial charge in [0.05, 0.1) is 0 Å². The van der Waals surface area contributed by atoms with Crippen molar-refractivity contribution in [1.29, 1.82) is 0 Å². The molecule has 1 atom stereocenters. The Morgan fingerprint density at radius 2 is 1.83 bits per heavy atom. The van der Waals surface area contributed by atoms with Crippen LogP contribution in [0.25, 0.3) is 0 Å². The molecule has 2 aromatic carbocycles. The first kappa shape index (κ1) is 20.9. The molecule has 3 amide bonds. The summed E-state index contributed by atoms with van der Waals surface area (Å²) in [7, 11) is 0. The van der Waals surface area contributed by atoms with E-state index < -0.39 is 0 Å². The van der Waals surface area contributed by atoms with E-state index in [-0.39, 0.29) is 11.9 Å². The highest BCUT2D eigenvalue weighted by atomic mass is 16.2. The zero-order valence-corrected chi connectivity index (χ0v) is 17.4. The molecular weight excluding hydrogens is 362 g/mol. The second-order valence-corrected chi connectivity index (χ2v) is 8.06. The van der Waals surface area contributed by atoms with Crippen LogP contribution in [0.3, 0.4) is 0 Å². The highest BCUT2D eigenvalue weighted by Gasteiger charge is 2.24. The Hall–Kier alpha value is -2.82. The molecule has 1 aliphatic rings. The van der Waals surface area contributed by atoms with Gasteiger partial charge in [-0.15, -0.1) is 0 Å². The van der Waals surface area contributed by atoms with Crippen molar-refractivity contribution < 1.29 is 9.59 Å². The van der Waals surface area contributed by atoms with Gasteiger partial charge in [0.25, 0.3) is 0 Å². The quantitative estimate of drug-likeness (QED) is 0.751. The standard InChI is InChI=1S/C24H31N3O2/c1-18-6-3-8-21(14-18)16-25-23(28)12-11-20-9-5-13-27(17-20)24(29)26-22-10-4-7-19(2)15-22/h3-4,6-8,10,14-15,20H,5,9,11-13,16-17H2,1-2H3,(H,25,28)(H,26,29)/t20-/m0/s1. The van der Waals surface area contributed by atoms with Gasteiger partial charge in [-0.05, 0) is 62.3 Å². The third-order valence-electron chi connectivity index (χ3n) is 5.43. The molecule has 1 fully saturated rings. The maximum Gasteiger partial charge on any atom is 0.321 e. The summed E-state index contributed by atoms with van der Waals surface area (Å²) in [6.45, 7) is 6.11. The van der Waals surface area contributed by atoms with Gasteiger partial charge in [0.15, 0.2) is 0 Å². The average molecular weight is 394 g/mol. The van der Waals surface area contributed by atoms with Crippen LogP contribution in [0.2, 0.25) is 0 Å². The molecule has 2 aromatic rings. The summed E-state index contributed by atoms with van der Waals surface area (Å²) in [4.78, 5) is 26.7. The Labute approximate surface area is 173 Å². The van der Waals surface area contributed by atoms with Gasteiger partial charge in [-0.25, -0.2) is 4.79 Å². The Balaban J connectivity index is 1.42. The number of aryl methyl sites for hydroxylation is 2. The smallest absolute Gasteiger partial charge is 0.321 e. The lowest BCUT2D eigenvalue weighted by molar-refractivity contribution is -0.121. The molecule has 5 heteroatoms. The van der Waals surface area contributed by atoms with Crippen molar-refractivity contribution in [3.8, 4) is 0 Å². The molecule has 154 valence electrons. The lowest BCUT2D eigenvalue weighted by atomic mass is 9.93. The lowest BCUT2D eigenvalue weighted by Gasteiger charge is -2.32. The largest absolute Gasteiger partial charge is 0.352 e. The van der Waals surface area contributed by atoms with Crippen LogP contribution in [0.1, 0.15) is 42.4 Å². The van der Waals surface area contributed by atoms with E-state index in [1.807, 2.05) is 48.2 Å². The van der Waals surface area contributed by atoms with E-state index in [1.54, 1.807) is 0 Å². The molecule has 0 bridgehead atoms. The lowest BCUT2D eigenvalue weighted by Crippen LogP contribution is -2.42. The molecular formula is C24H31N3O2. The van der Waals surface area contributed by atoms with Crippen molar-refractivity contribution in [2.45, 2.75) is 46.1 Å². The molecule has 1 aliphatic heterocycles. The van der Waals surface area contributed by atoms with E-state index in [2.05, 4.69) is 29.7 Å². The Kier molecular flexibility index (Phi) is 7.28. The third kappa shape index (κ3) is 6.63. The molecule has 0 unspecified atom stereocenters. The predicted octanol–water partition coefficient (Wildman–Crippen LogP) is 4.64. The fourth-order valence-corrected chi connectivity index (χ4v) is 3.86. The van der Waals surface area contributed by atoms with Gasteiger partial charge in [-0.1, -0.05) is 42.0 Å². The molecule has 0 radical (unpaired) electrons. The monoisotopic (exact) mass is 393 g/mol. The predicted molar refractivity (Wildman–Crippen MR) is 117 cm³/mol. The van der Waals surface area contributed by atoms with E-state index in [0.29, 0.717) is 25.4 Å². The van der Waals surface area contributed by atoms with Crippen molar-refractivity contribution in [3.63, 3.8) is 0 Å². The van der Waals surface area contributed by atoms with Crippen LogP contribution in [0.4, 0.5) is 10.5 Å². The molecule has 0 spiro atoms. The van der Waals surface area contributed by atoms with Crippen molar-refractivity contribution in [2.75, 3.05) is 18.4 Å². The van der Waals surface area contributed by atoms with Crippen LogP contribution in [0, 0.1) is 19.8 Å². The van der Waals surface area contributed by atoms with Gasteiger partial charge >= 0.3 is 6.03 Å². The molecule has 29 heavy (non-hydrogen) atoms. The summed E-state index contributed by atoms with van der Waals surface area (Å²) in [5, 5.41) is 5.99. The molecule has 3 rings (SSSR count). The van der Waals surface area contributed by atoms with E-state index in [0.717, 1.165) is 42.6 Å². The third-order valence-corrected chi connectivity index (χ3v) is 5.43. The summed E-state index contributed by atoms with van der Waals surface area (Å²) in [6, 6.07) is 16.0. The summed E-state index contributed by atoms with van der Waals surface area (Å²) in [5.74, 6) is 0.449. The number of nitrogens with one attached hydrogen (secondary N) is 2. The minimum atomic E-state index is -0.0517. The maximum absolute atomic E-state index is 12.6. The van der Waals surface area contributed by atoms with E-state index in [1.165, 1.54) is 5.56 Å². The summed E-state index contributed by atoms with van der Waals surface area (Å²) in [6.07, 6.45) is 3.37. The van der Waals surface area contributed by atoms with E-state index in [9.17, 15) is 9.59 Å². The number of rotatable bonds is 6. The molecule has 5 nitrogen and oxygen atoms in total. The molecule has 0 aliphatic carbocycles. The number of nitrogens with zero attached hydrogens (tertiary/aromatic N) is 1. The highest BCUT2D eigenvalue weighted by molar-refractivity contribution is 5.89. The number of amides is 3. The highest BCUT2D eigenvalue weighted by Crippen LogP contribution is 2.22. The van der Waals surface area contributed by atoms with Crippen molar-refractivity contribution in [3.05, 3.63) is 65.2 Å². The fourth-order valence-electron chi connectivity index (χ4n) is 3.86. The van der Waals surface area contributed by atoms with E-state index >= 15 is 0 Å². The van der Waals surface area contributed by atoms with Crippen molar-refractivity contribution >= 4 is 17.6 Å².